The Morgan fingerprint density at radius 1 is 0.902 bits per heavy atom. The fourth-order valence-electron chi connectivity index (χ4n) is 4.94. The highest BCUT2D eigenvalue weighted by Gasteiger charge is 2.25. The van der Waals surface area contributed by atoms with E-state index in [4.69, 9.17) is 18.6 Å². The molecule has 4 rings (SSSR count). The summed E-state index contributed by atoms with van der Waals surface area (Å²) >= 11 is 0. The van der Waals surface area contributed by atoms with Crippen molar-refractivity contribution in [1.29, 1.82) is 0 Å². The second-order valence-electron chi connectivity index (χ2n) is 10.3. The van der Waals surface area contributed by atoms with Gasteiger partial charge >= 0.3 is 0 Å². The quantitative estimate of drug-likeness (QED) is 0.311. The summed E-state index contributed by atoms with van der Waals surface area (Å²) < 4.78 is 22.1. The number of carbonyl (C=O) groups is 2. The lowest BCUT2D eigenvalue weighted by Crippen LogP contribution is -2.47. The number of rotatable bonds is 13. The van der Waals surface area contributed by atoms with Crippen LogP contribution in [0.15, 0.2) is 59.0 Å². The molecule has 1 fully saturated rings. The van der Waals surface area contributed by atoms with Gasteiger partial charge in [-0.1, -0.05) is 24.3 Å². The smallest absolute Gasteiger partial charge is 0.254 e. The Balaban J connectivity index is 1.53. The Labute approximate surface area is 242 Å². The van der Waals surface area contributed by atoms with Crippen molar-refractivity contribution in [2.75, 3.05) is 66.7 Å². The molecule has 0 radical (unpaired) electrons. The molecule has 0 unspecified atom stereocenters. The van der Waals surface area contributed by atoms with E-state index in [2.05, 4.69) is 4.90 Å². The maximum atomic E-state index is 13.9. The minimum atomic E-state index is -0.140. The van der Waals surface area contributed by atoms with Crippen LogP contribution in [0.25, 0.3) is 0 Å². The molecule has 1 aliphatic rings. The molecule has 2 heterocycles. The molecule has 1 aromatic heterocycles. The summed E-state index contributed by atoms with van der Waals surface area (Å²) in [7, 11) is 3.21. The summed E-state index contributed by atoms with van der Waals surface area (Å²) in [6.07, 6.45) is 0.602. The van der Waals surface area contributed by atoms with Gasteiger partial charge in [0.15, 0.2) is 11.5 Å². The van der Waals surface area contributed by atoms with Crippen LogP contribution in [0.1, 0.15) is 33.0 Å². The predicted molar refractivity (Wildman–Crippen MR) is 156 cm³/mol. The first-order valence-electron chi connectivity index (χ1n) is 14.1. The molecule has 9 heteroatoms. The normalized spacial score (nSPS) is 13.6. The van der Waals surface area contributed by atoms with Crippen molar-refractivity contribution in [3.63, 3.8) is 0 Å². The molecule has 1 aliphatic heterocycles. The maximum Gasteiger partial charge on any atom is 0.254 e. The lowest BCUT2D eigenvalue weighted by Gasteiger charge is -2.31. The second kappa shape index (κ2) is 14.7. The number of hydrogen-bond acceptors (Lipinski definition) is 7. The average Bonchev–Trinajstić information content (AvgIpc) is 3.41. The lowest BCUT2D eigenvalue weighted by molar-refractivity contribution is -0.132. The van der Waals surface area contributed by atoms with Crippen LogP contribution >= 0.6 is 0 Å². The molecule has 0 atom stereocenters. The van der Waals surface area contributed by atoms with Gasteiger partial charge in [0.2, 0.25) is 5.91 Å². The number of furan rings is 1. The number of benzene rings is 2. The molecule has 0 bridgehead atoms. The zero-order valence-electron chi connectivity index (χ0n) is 24.6. The zero-order chi connectivity index (χ0) is 29.2. The molecule has 0 saturated carbocycles. The van der Waals surface area contributed by atoms with Gasteiger partial charge in [0.25, 0.3) is 5.91 Å². The summed E-state index contributed by atoms with van der Waals surface area (Å²) in [5, 5.41) is 0. The van der Waals surface area contributed by atoms with Crippen molar-refractivity contribution in [1.82, 2.24) is 14.7 Å². The van der Waals surface area contributed by atoms with Crippen LogP contribution in [0.3, 0.4) is 0 Å². The summed E-state index contributed by atoms with van der Waals surface area (Å²) in [5.74, 6) is 2.51. The van der Waals surface area contributed by atoms with Gasteiger partial charge in [0, 0.05) is 38.3 Å². The standard InChI is InChI=1S/C32H41N3O6/c1-24-7-5-6-8-28(24)32(37)35(16-15-33-17-19-40-20-18-33)23-31(36)34(22-27-11-9-25(2)41-27)14-13-26-10-12-29(38-3)30(21-26)39-4/h5-12,21H,13-20,22-23H2,1-4H3. The van der Waals surface area contributed by atoms with Crippen molar-refractivity contribution in [2.24, 2.45) is 0 Å². The van der Waals surface area contributed by atoms with Crippen LogP contribution in [0.2, 0.25) is 0 Å². The third-order valence-corrected chi connectivity index (χ3v) is 7.39. The SMILES string of the molecule is COc1ccc(CCN(Cc2ccc(C)o2)C(=O)CN(CCN2CCOCC2)C(=O)c2ccccc2C)cc1OC. The first kappa shape index (κ1) is 30.1. The van der Waals surface area contributed by atoms with Gasteiger partial charge < -0.3 is 28.4 Å². The number of hydrogen-bond donors (Lipinski definition) is 0. The van der Waals surface area contributed by atoms with Crippen LogP contribution < -0.4 is 9.47 Å². The summed E-state index contributed by atoms with van der Waals surface area (Å²) in [5.41, 5.74) is 2.51. The first-order valence-corrected chi connectivity index (χ1v) is 14.1. The van der Waals surface area contributed by atoms with Gasteiger partial charge in [-0.05, 0) is 61.7 Å². The number of methoxy groups -OCH3 is 2. The Kier molecular flexibility index (Phi) is 10.8. The molecule has 41 heavy (non-hydrogen) atoms. The van der Waals surface area contributed by atoms with Crippen LogP contribution in [-0.2, 0) is 22.5 Å². The minimum Gasteiger partial charge on any atom is -0.493 e. The van der Waals surface area contributed by atoms with Gasteiger partial charge in [0.1, 0.15) is 18.1 Å². The Morgan fingerprint density at radius 3 is 2.34 bits per heavy atom. The molecular weight excluding hydrogens is 522 g/mol. The predicted octanol–water partition coefficient (Wildman–Crippen LogP) is 3.96. The molecular formula is C32H41N3O6. The van der Waals surface area contributed by atoms with E-state index in [-0.39, 0.29) is 18.4 Å². The van der Waals surface area contributed by atoms with E-state index in [0.717, 1.165) is 30.0 Å². The Hall–Kier alpha value is -3.82. The molecule has 2 amide bonds. The van der Waals surface area contributed by atoms with Crippen LogP contribution in [0.5, 0.6) is 11.5 Å². The van der Waals surface area contributed by atoms with E-state index < -0.39 is 0 Å². The van der Waals surface area contributed by atoms with E-state index in [1.807, 2.05) is 68.4 Å². The van der Waals surface area contributed by atoms with Crippen molar-refractivity contribution >= 4 is 11.8 Å². The monoisotopic (exact) mass is 563 g/mol. The van der Waals surface area contributed by atoms with Gasteiger partial charge in [-0.2, -0.15) is 0 Å². The Morgan fingerprint density at radius 2 is 1.66 bits per heavy atom. The number of aryl methyl sites for hydroxylation is 2. The van der Waals surface area contributed by atoms with Crippen LogP contribution in [-0.4, -0.2) is 93.2 Å². The van der Waals surface area contributed by atoms with Crippen LogP contribution in [0, 0.1) is 13.8 Å². The molecule has 1 saturated heterocycles. The fraction of sp³-hybridized carbons (Fsp3) is 0.438. The largest absolute Gasteiger partial charge is 0.493 e. The fourth-order valence-corrected chi connectivity index (χ4v) is 4.94. The Bertz CT molecular complexity index is 1300. The summed E-state index contributed by atoms with van der Waals surface area (Å²) in [6, 6.07) is 17.1. The van der Waals surface area contributed by atoms with Gasteiger partial charge in [-0.3, -0.25) is 14.5 Å². The highest BCUT2D eigenvalue weighted by molar-refractivity contribution is 5.97. The van der Waals surface area contributed by atoms with Crippen molar-refractivity contribution in [2.45, 2.75) is 26.8 Å². The first-order chi connectivity index (χ1) is 19.9. The van der Waals surface area contributed by atoms with Crippen molar-refractivity contribution in [3.8, 4) is 11.5 Å². The molecule has 0 aliphatic carbocycles. The van der Waals surface area contributed by atoms with Gasteiger partial charge in [-0.15, -0.1) is 0 Å². The number of nitrogens with zero attached hydrogens (tertiary/aromatic N) is 3. The molecule has 3 aromatic rings. The van der Waals surface area contributed by atoms with Crippen molar-refractivity contribution < 1.29 is 28.2 Å². The third-order valence-electron chi connectivity index (χ3n) is 7.39. The molecule has 2 aromatic carbocycles. The van der Waals surface area contributed by atoms with E-state index in [0.29, 0.717) is 68.6 Å². The summed E-state index contributed by atoms with van der Waals surface area (Å²) in [6.45, 7) is 8.65. The number of morpholine rings is 1. The number of amides is 2. The number of ether oxygens (including phenoxy) is 3. The second-order valence-corrected chi connectivity index (χ2v) is 10.3. The zero-order valence-corrected chi connectivity index (χ0v) is 24.6. The van der Waals surface area contributed by atoms with Crippen LogP contribution in [0.4, 0.5) is 0 Å². The molecule has 9 nitrogen and oxygen atoms in total. The number of carbonyl (C=O) groups excluding carboxylic acids is 2. The lowest BCUT2D eigenvalue weighted by atomic mass is 10.1. The minimum absolute atomic E-state index is 0.0247. The van der Waals surface area contributed by atoms with Gasteiger partial charge in [0.05, 0.1) is 34.0 Å². The highest BCUT2D eigenvalue weighted by Crippen LogP contribution is 2.28. The van der Waals surface area contributed by atoms with E-state index in [1.165, 1.54) is 0 Å². The van der Waals surface area contributed by atoms with Crippen molar-refractivity contribution in [3.05, 3.63) is 82.8 Å². The van der Waals surface area contributed by atoms with E-state index in [1.54, 1.807) is 24.0 Å². The molecule has 220 valence electrons. The topological polar surface area (TPSA) is 84.7 Å². The van der Waals surface area contributed by atoms with E-state index in [9.17, 15) is 9.59 Å². The van der Waals surface area contributed by atoms with E-state index >= 15 is 0 Å². The summed E-state index contributed by atoms with van der Waals surface area (Å²) in [4.78, 5) is 33.3. The highest BCUT2D eigenvalue weighted by atomic mass is 16.5. The third kappa shape index (κ3) is 8.34. The van der Waals surface area contributed by atoms with Gasteiger partial charge in [-0.25, -0.2) is 0 Å². The molecule has 0 N–H and O–H groups in total. The maximum absolute atomic E-state index is 13.9. The molecule has 0 spiro atoms. The average molecular weight is 564 g/mol.